The number of allylic oxidation sites excluding steroid dienone is 4. The molecule has 0 aliphatic heterocycles. The van der Waals surface area contributed by atoms with Crippen LogP contribution in [0, 0.1) is 0 Å². The van der Waals surface area contributed by atoms with Crippen LogP contribution < -0.4 is 0 Å². The summed E-state index contributed by atoms with van der Waals surface area (Å²) in [6.45, 7) is 2.22. The van der Waals surface area contributed by atoms with E-state index >= 15 is 0 Å². The molecule has 0 aromatic heterocycles. The van der Waals surface area contributed by atoms with Crippen molar-refractivity contribution in [2.75, 3.05) is 0 Å². The van der Waals surface area contributed by atoms with Crippen molar-refractivity contribution in [2.45, 2.75) is 84.0 Å². The van der Waals surface area contributed by atoms with Gasteiger partial charge in [-0.05, 0) is 38.5 Å². The van der Waals surface area contributed by atoms with Crippen molar-refractivity contribution in [3.8, 4) is 0 Å². The molecule has 0 aliphatic carbocycles. The number of unbranched alkanes of at least 4 members (excludes halogenated alkanes) is 8. The van der Waals surface area contributed by atoms with E-state index in [1.54, 1.807) is 0 Å². The van der Waals surface area contributed by atoms with Gasteiger partial charge in [0.2, 0.25) is 0 Å². The maximum atomic E-state index is 10.3. The van der Waals surface area contributed by atoms with E-state index in [1.807, 2.05) is 0 Å². The topological polar surface area (TPSA) is 37.3 Å². The Morgan fingerprint density at radius 1 is 0.750 bits per heavy atom. The molecule has 0 bridgehead atoms. The Hall–Kier alpha value is -1.05. The lowest BCUT2D eigenvalue weighted by atomic mass is 10.1. The van der Waals surface area contributed by atoms with E-state index in [0.717, 1.165) is 25.7 Å². The van der Waals surface area contributed by atoms with Gasteiger partial charge in [-0.1, -0.05) is 63.3 Å². The van der Waals surface area contributed by atoms with Crippen molar-refractivity contribution in [1.82, 2.24) is 0 Å². The number of hydrogen-bond acceptors (Lipinski definition) is 1. The van der Waals surface area contributed by atoms with Crippen LogP contribution in [-0.2, 0) is 4.79 Å². The van der Waals surface area contributed by atoms with Crippen molar-refractivity contribution < 1.29 is 9.90 Å². The summed E-state index contributed by atoms with van der Waals surface area (Å²) in [5, 5.41) is 8.50. The lowest BCUT2D eigenvalue weighted by Gasteiger charge is -1.98. The smallest absolute Gasteiger partial charge is 0.303 e. The zero-order valence-corrected chi connectivity index (χ0v) is 13.2. The monoisotopic (exact) mass is 280 g/mol. The van der Waals surface area contributed by atoms with Gasteiger partial charge in [0.1, 0.15) is 0 Å². The van der Waals surface area contributed by atoms with Crippen molar-refractivity contribution in [1.29, 1.82) is 0 Å². The van der Waals surface area contributed by atoms with Crippen LogP contribution in [0.5, 0.6) is 0 Å². The average Bonchev–Trinajstić information content (AvgIpc) is 2.43. The van der Waals surface area contributed by atoms with Crippen LogP contribution in [0.3, 0.4) is 0 Å². The third-order valence-electron chi connectivity index (χ3n) is 3.32. The Bertz CT molecular complexity index is 267. The summed E-state index contributed by atoms with van der Waals surface area (Å²) in [6.07, 6.45) is 22.3. The Balaban J connectivity index is 3.16. The summed E-state index contributed by atoms with van der Waals surface area (Å²) in [4.78, 5) is 10.3. The molecule has 0 radical (unpaired) electrons. The molecule has 0 fully saturated rings. The Labute approximate surface area is 125 Å². The van der Waals surface area contributed by atoms with Crippen LogP contribution in [0.1, 0.15) is 84.0 Å². The number of aliphatic carboxylic acids is 1. The predicted molar refractivity (Wildman–Crippen MR) is 87.0 cm³/mol. The van der Waals surface area contributed by atoms with Crippen molar-refractivity contribution >= 4 is 5.97 Å². The fraction of sp³-hybridized carbons (Fsp3) is 0.722. The first kappa shape index (κ1) is 18.9. The molecule has 0 aromatic rings. The molecular formula is C18H32O2. The highest BCUT2D eigenvalue weighted by molar-refractivity contribution is 5.66. The molecule has 0 amide bonds. The highest BCUT2D eigenvalue weighted by atomic mass is 16.4. The Morgan fingerprint density at radius 3 is 1.85 bits per heavy atom. The van der Waals surface area contributed by atoms with Gasteiger partial charge < -0.3 is 5.11 Å². The molecule has 1 N–H and O–H groups in total. The molecule has 2 nitrogen and oxygen atoms in total. The maximum absolute atomic E-state index is 10.3. The van der Waals surface area contributed by atoms with E-state index in [-0.39, 0.29) is 0 Å². The number of hydrogen-bond donors (Lipinski definition) is 1. The molecule has 20 heavy (non-hydrogen) atoms. The van der Waals surface area contributed by atoms with E-state index < -0.39 is 5.97 Å². The van der Waals surface area contributed by atoms with Gasteiger partial charge >= 0.3 is 5.97 Å². The zero-order valence-electron chi connectivity index (χ0n) is 13.2. The van der Waals surface area contributed by atoms with E-state index in [9.17, 15) is 4.79 Å². The quantitative estimate of drug-likeness (QED) is 0.318. The summed E-state index contributed by atoms with van der Waals surface area (Å²) in [5.41, 5.74) is 0. The Morgan fingerprint density at radius 2 is 1.25 bits per heavy atom. The maximum Gasteiger partial charge on any atom is 0.303 e. The molecule has 0 aliphatic rings. The van der Waals surface area contributed by atoms with Gasteiger partial charge in [-0.2, -0.15) is 0 Å². The second-order valence-corrected chi connectivity index (χ2v) is 5.36. The molecular weight excluding hydrogens is 248 g/mol. The van der Waals surface area contributed by atoms with Crippen molar-refractivity contribution in [2.24, 2.45) is 0 Å². The average molecular weight is 280 g/mol. The van der Waals surface area contributed by atoms with Gasteiger partial charge in [0, 0.05) is 6.42 Å². The van der Waals surface area contributed by atoms with E-state index in [4.69, 9.17) is 5.11 Å². The molecule has 0 saturated carbocycles. The molecule has 0 aromatic carbocycles. The fourth-order valence-corrected chi connectivity index (χ4v) is 2.05. The lowest BCUT2D eigenvalue weighted by Crippen LogP contribution is -1.93. The van der Waals surface area contributed by atoms with Crippen LogP contribution in [0.15, 0.2) is 24.3 Å². The zero-order chi connectivity index (χ0) is 14.9. The standard InChI is InChI=1S/C18H32O2/c1-2-3-4-5-6-7-8-9-10-11-12-13-14-15-16-17-18(19)20/h5-6,9-10H,2-4,7-8,11-17H2,1H3,(H,19,20)/b6-5?,10-9-. The Kier molecular flexibility index (Phi) is 15.2. The first-order valence-electron chi connectivity index (χ1n) is 8.29. The number of rotatable bonds is 14. The van der Waals surface area contributed by atoms with E-state index in [0.29, 0.717) is 6.42 Å². The van der Waals surface area contributed by atoms with Crippen LogP contribution in [0.25, 0.3) is 0 Å². The van der Waals surface area contributed by atoms with Crippen molar-refractivity contribution in [3.05, 3.63) is 24.3 Å². The molecule has 0 unspecified atom stereocenters. The summed E-state index contributed by atoms with van der Waals surface area (Å²) in [7, 11) is 0. The second-order valence-electron chi connectivity index (χ2n) is 5.36. The summed E-state index contributed by atoms with van der Waals surface area (Å²) < 4.78 is 0. The molecule has 0 rings (SSSR count). The highest BCUT2D eigenvalue weighted by Crippen LogP contribution is 2.08. The van der Waals surface area contributed by atoms with Gasteiger partial charge in [0.25, 0.3) is 0 Å². The van der Waals surface area contributed by atoms with Gasteiger partial charge in [-0.3, -0.25) is 4.79 Å². The number of carboxylic acids is 1. The van der Waals surface area contributed by atoms with Crippen LogP contribution in [-0.4, -0.2) is 11.1 Å². The van der Waals surface area contributed by atoms with Gasteiger partial charge in [-0.25, -0.2) is 0 Å². The summed E-state index contributed by atoms with van der Waals surface area (Å²) >= 11 is 0. The fourth-order valence-electron chi connectivity index (χ4n) is 2.05. The number of carboxylic acid groups (broad SMARTS) is 1. The third-order valence-corrected chi connectivity index (χ3v) is 3.32. The van der Waals surface area contributed by atoms with E-state index in [1.165, 1.54) is 44.9 Å². The van der Waals surface area contributed by atoms with Crippen LogP contribution >= 0.6 is 0 Å². The normalized spacial score (nSPS) is 11.7. The molecule has 2 heteroatoms. The van der Waals surface area contributed by atoms with Gasteiger partial charge in [-0.15, -0.1) is 0 Å². The van der Waals surface area contributed by atoms with Gasteiger partial charge in [0.15, 0.2) is 0 Å². The minimum absolute atomic E-state index is 0.325. The molecule has 116 valence electrons. The third kappa shape index (κ3) is 16.9. The second kappa shape index (κ2) is 16.0. The molecule has 0 heterocycles. The predicted octanol–water partition coefficient (Wildman–Crippen LogP) is 5.88. The minimum atomic E-state index is -0.670. The SMILES string of the molecule is CCCCC=CCC/C=C\CCCCCCCC(=O)O. The lowest BCUT2D eigenvalue weighted by molar-refractivity contribution is -0.137. The van der Waals surface area contributed by atoms with Crippen LogP contribution in [0.4, 0.5) is 0 Å². The highest BCUT2D eigenvalue weighted by Gasteiger charge is 1.95. The van der Waals surface area contributed by atoms with Crippen molar-refractivity contribution in [3.63, 3.8) is 0 Å². The first-order chi connectivity index (χ1) is 9.77. The largest absolute Gasteiger partial charge is 0.481 e. The minimum Gasteiger partial charge on any atom is -0.481 e. The number of carbonyl (C=O) groups is 1. The molecule has 0 saturated heterocycles. The first-order valence-corrected chi connectivity index (χ1v) is 8.29. The van der Waals surface area contributed by atoms with E-state index in [2.05, 4.69) is 31.2 Å². The molecule has 0 spiro atoms. The molecule has 0 atom stereocenters. The summed E-state index contributed by atoms with van der Waals surface area (Å²) in [5.74, 6) is -0.670. The van der Waals surface area contributed by atoms with Gasteiger partial charge in [0.05, 0.1) is 0 Å². The van der Waals surface area contributed by atoms with Crippen LogP contribution in [0.2, 0.25) is 0 Å². The summed E-state index contributed by atoms with van der Waals surface area (Å²) in [6, 6.07) is 0.